The van der Waals surface area contributed by atoms with E-state index in [1.165, 1.54) is 10.8 Å². The maximum atomic E-state index is 14.6. The fourth-order valence-corrected chi connectivity index (χ4v) is 7.74. The lowest BCUT2D eigenvalue weighted by Gasteiger charge is -2.52. The number of rotatable bonds is 2. The van der Waals surface area contributed by atoms with E-state index in [2.05, 4.69) is 109 Å². The third kappa shape index (κ3) is 3.61. The highest BCUT2D eigenvalue weighted by molar-refractivity contribution is 6.38. The van der Waals surface area contributed by atoms with Crippen molar-refractivity contribution in [1.29, 1.82) is 0 Å². The lowest BCUT2D eigenvalue weighted by molar-refractivity contribution is -0.157. The van der Waals surface area contributed by atoms with Crippen molar-refractivity contribution >= 4 is 22.3 Å². The Hall–Kier alpha value is -5.08. The molecule has 1 fully saturated rings. The minimum absolute atomic E-state index is 0.0105. The third-order valence-electron chi connectivity index (χ3n) is 10.2. The summed E-state index contributed by atoms with van der Waals surface area (Å²) in [5.74, 6) is 0.0210. The molecule has 0 N–H and O–H groups in total. The molecule has 1 saturated carbocycles. The monoisotopic (exact) mass is 568 g/mol. The first kappa shape index (κ1) is 26.5. The number of Topliss-reactive ketones (excluding diaryl/α,β-unsaturated/α-hetero) is 2. The molecule has 0 unspecified atom stereocenters. The number of ketones is 2. The van der Waals surface area contributed by atoms with Gasteiger partial charge in [0, 0.05) is 0 Å². The second-order valence-corrected chi connectivity index (χ2v) is 12.3. The molecule has 6 aromatic rings. The Morgan fingerprint density at radius 2 is 0.727 bits per heavy atom. The second-order valence-electron chi connectivity index (χ2n) is 12.3. The van der Waals surface area contributed by atoms with Gasteiger partial charge in [0.2, 0.25) is 0 Å². The molecule has 0 radical (unpaired) electrons. The predicted octanol–water partition coefficient (Wildman–Crippen LogP) is 9.97. The van der Waals surface area contributed by atoms with E-state index in [4.69, 9.17) is 0 Å². The molecular formula is C42H32O2. The highest BCUT2D eigenvalue weighted by Gasteiger charge is 2.70. The molecule has 3 aliphatic carbocycles. The first-order valence-corrected chi connectivity index (χ1v) is 15.5. The molecule has 0 aromatic heterocycles. The van der Waals surface area contributed by atoms with E-state index in [0.29, 0.717) is 12.8 Å². The second kappa shape index (κ2) is 9.72. The normalized spacial score (nSPS) is 20.0. The van der Waals surface area contributed by atoms with Crippen LogP contribution in [0.15, 0.2) is 133 Å². The van der Waals surface area contributed by atoms with Crippen LogP contribution in [0.5, 0.6) is 0 Å². The number of carbonyl (C=O) groups is 2. The van der Waals surface area contributed by atoms with E-state index in [0.717, 1.165) is 55.6 Å². The molecule has 2 nitrogen and oxygen atoms in total. The molecule has 0 atom stereocenters. The number of carbonyl (C=O) groups excluding carboxylic acids is 2. The van der Waals surface area contributed by atoms with Gasteiger partial charge in [0.1, 0.15) is 10.8 Å². The third-order valence-corrected chi connectivity index (χ3v) is 10.2. The van der Waals surface area contributed by atoms with Crippen LogP contribution in [0.1, 0.15) is 37.8 Å². The van der Waals surface area contributed by atoms with Crippen LogP contribution in [0.3, 0.4) is 0 Å². The van der Waals surface area contributed by atoms with Crippen molar-refractivity contribution < 1.29 is 9.59 Å². The lowest BCUT2D eigenvalue weighted by atomic mass is 9.44. The van der Waals surface area contributed by atoms with E-state index < -0.39 is 10.8 Å². The summed E-state index contributed by atoms with van der Waals surface area (Å²) >= 11 is 0. The number of hydrogen-bond donors (Lipinski definition) is 0. The molecule has 13 bridgehead atoms. The molecule has 9 rings (SSSR count). The molecule has 44 heavy (non-hydrogen) atoms. The minimum Gasteiger partial charge on any atom is -0.297 e. The Morgan fingerprint density at radius 1 is 0.386 bits per heavy atom. The molecule has 3 aliphatic rings. The largest absolute Gasteiger partial charge is 0.297 e. The molecule has 0 amide bonds. The summed E-state index contributed by atoms with van der Waals surface area (Å²) in [7, 11) is 0. The Balaban J connectivity index is 1.41. The Labute approximate surface area is 258 Å². The summed E-state index contributed by atoms with van der Waals surface area (Å²) in [6.07, 6.45) is 0.880. The van der Waals surface area contributed by atoms with E-state index in [-0.39, 0.29) is 11.6 Å². The SMILES string of the molecule is CCC12C(=O)C(CC)(C1=O)c1cccc(c1)-c1cccc(c1)-c1ccc3ccc(cc3c1)-c1cccc(c1)-c1cccc2c1. The van der Waals surface area contributed by atoms with Gasteiger partial charge in [-0.3, -0.25) is 9.59 Å². The topological polar surface area (TPSA) is 34.1 Å². The minimum atomic E-state index is -1.14. The average Bonchev–Trinajstić information content (AvgIpc) is 3.09. The molecule has 0 heterocycles. The lowest BCUT2D eigenvalue weighted by Crippen LogP contribution is -2.71. The van der Waals surface area contributed by atoms with Gasteiger partial charge >= 0.3 is 0 Å². The zero-order valence-corrected chi connectivity index (χ0v) is 24.9. The first-order chi connectivity index (χ1) is 21.5. The van der Waals surface area contributed by atoms with Crippen molar-refractivity contribution in [2.75, 3.05) is 0 Å². The van der Waals surface area contributed by atoms with Gasteiger partial charge < -0.3 is 0 Å². The van der Waals surface area contributed by atoms with Crippen LogP contribution in [0, 0.1) is 0 Å². The van der Waals surface area contributed by atoms with Gasteiger partial charge in [0.15, 0.2) is 11.6 Å². The average molecular weight is 569 g/mol. The Morgan fingerprint density at radius 3 is 1.11 bits per heavy atom. The van der Waals surface area contributed by atoms with Gasteiger partial charge in [-0.1, -0.05) is 111 Å². The summed E-state index contributed by atoms with van der Waals surface area (Å²) in [5.41, 5.74) is 7.97. The highest BCUT2D eigenvalue weighted by atomic mass is 16.2. The fourth-order valence-electron chi connectivity index (χ4n) is 7.74. The zero-order chi connectivity index (χ0) is 30.1. The molecular weight excluding hydrogens is 536 g/mol. The smallest absolute Gasteiger partial charge is 0.168 e. The van der Waals surface area contributed by atoms with E-state index in [1.807, 2.05) is 38.1 Å². The van der Waals surface area contributed by atoms with Crippen LogP contribution in [0.25, 0.3) is 55.3 Å². The van der Waals surface area contributed by atoms with E-state index in [9.17, 15) is 9.59 Å². The van der Waals surface area contributed by atoms with Gasteiger partial charge in [0.25, 0.3) is 0 Å². The quantitative estimate of drug-likeness (QED) is 0.195. The van der Waals surface area contributed by atoms with E-state index >= 15 is 0 Å². The molecule has 0 saturated heterocycles. The number of benzene rings is 6. The van der Waals surface area contributed by atoms with Gasteiger partial charge in [-0.15, -0.1) is 0 Å². The molecule has 2 heteroatoms. The summed E-state index contributed by atoms with van der Waals surface area (Å²) in [4.78, 5) is 29.1. The van der Waals surface area contributed by atoms with Crippen LogP contribution in [0.4, 0.5) is 0 Å². The van der Waals surface area contributed by atoms with Crippen LogP contribution in [0.2, 0.25) is 0 Å². The van der Waals surface area contributed by atoms with Gasteiger partial charge in [-0.25, -0.2) is 0 Å². The van der Waals surface area contributed by atoms with Crippen molar-refractivity contribution in [2.24, 2.45) is 0 Å². The van der Waals surface area contributed by atoms with Crippen molar-refractivity contribution in [1.82, 2.24) is 0 Å². The zero-order valence-electron chi connectivity index (χ0n) is 24.9. The van der Waals surface area contributed by atoms with Gasteiger partial charge in [-0.2, -0.15) is 0 Å². The van der Waals surface area contributed by atoms with Crippen molar-refractivity contribution in [3.63, 3.8) is 0 Å². The fraction of sp³-hybridized carbons (Fsp3) is 0.143. The first-order valence-electron chi connectivity index (χ1n) is 15.5. The van der Waals surface area contributed by atoms with Crippen molar-refractivity contribution in [3.8, 4) is 44.5 Å². The highest BCUT2D eigenvalue weighted by Crippen LogP contribution is 2.55. The maximum absolute atomic E-state index is 14.6. The predicted molar refractivity (Wildman–Crippen MR) is 180 cm³/mol. The standard InChI is InChI=1S/C42H32O2/c1-3-41-37-15-7-13-32(25-37)28-9-5-11-30(21-28)34-19-17-27-18-20-35(24-36(27)23-34)31-12-6-10-29(22-31)33-14-8-16-38(26-33)42(4-2,39(41)43)40(41)44/h5-26H,3-4H2,1-2H3. The van der Waals surface area contributed by atoms with Crippen LogP contribution >= 0.6 is 0 Å². The van der Waals surface area contributed by atoms with Crippen LogP contribution in [-0.2, 0) is 20.4 Å². The van der Waals surface area contributed by atoms with Crippen molar-refractivity contribution in [3.05, 3.63) is 145 Å². The van der Waals surface area contributed by atoms with Gasteiger partial charge in [0.05, 0.1) is 0 Å². The maximum Gasteiger partial charge on any atom is 0.168 e. The summed E-state index contributed by atoms with van der Waals surface area (Å²) < 4.78 is 0. The summed E-state index contributed by atoms with van der Waals surface area (Å²) in [6, 6.07) is 46.5. The Kier molecular flexibility index (Phi) is 5.86. The summed E-state index contributed by atoms with van der Waals surface area (Å²) in [5, 5.41) is 2.40. The molecule has 6 aromatic carbocycles. The molecule has 212 valence electrons. The van der Waals surface area contributed by atoms with Crippen LogP contribution in [-0.4, -0.2) is 11.6 Å². The van der Waals surface area contributed by atoms with Crippen molar-refractivity contribution in [2.45, 2.75) is 37.5 Å². The summed E-state index contributed by atoms with van der Waals surface area (Å²) in [6.45, 7) is 3.93. The molecule has 0 aliphatic heterocycles. The Bertz CT molecular complexity index is 1990. The molecule has 0 spiro atoms. The van der Waals surface area contributed by atoms with Gasteiger partial charge in [-0.05, 0) is 116 Å². The number of hydrogen-bond acceptors (Lipinski definition) is 2. The van der Waals surface area contributed by atoms with Crippen LogP contribution < -0.4 is 0 Å². The van der Waals surface area contributed by atoms with E-state index in [1.54, 1.807) is 0 Å².